The van der Waals surface area contributed by atoms with Gasteiger partial charge in [0.25, 0.3) is 0 Å². The first-order chi connectivity index (χ1) is 12.3. The lowest BCUT2D eigenvalue weighted by Gasteiger charge is -2.38. The minimum Gasteiger partial charge on any atom is -0.374 e. The van der Waals surface area contributed by atoms with E-state index in [1.165, 1.54) is 18.4 Å². The lowest BCUT2D eigenvalue weighted by Crippen LogP contribution is -2.44. The van der Waals surface area contributed by atoms with Crippen LogP contribution in [-0.2, 0) is 20.9 Å². The average Bonchev–Trinajstić information content (AvgIpc) is 3.21. The minimum absolute atomic E-state index is 0.0892. The summed E-state index contributed by atoms with van der Waals surface area (Å²) < 4.78 is 12.6. The fourth-order valence-electron chi connectivity index (χ4n) is 6.18. The summed E-state index contributed by atoms with van der Waals surface area (Å²) in [5, 5.41) is 2.22. The van der Waals surface area contributed by atoms with Crippen LogP contribution in [0.5, 0.6) is 0 Å². The van der Waals surface area contributed by atoms with Gasteiger partial charge < -0.3 is 9.47 Å². The lowest BCUT2D eigenvalue weighted by atomic mass is 9.70. The number of hydrogen-bond acceptors (Lipinski definition) is 4. The van der Waals surface area contributed by atoms with Crippen LogP contribution in [0.1, 0.15) is 52.5 Å². The number of benzene rings is 1. The summed E-state index contributed by atoms with van der Waals surface area (Å²) in [6.45, 7) is 10.7. The van der Waals surface area contributed by atoms with E-state index in [0.29, 0.717) is 36.7 Å². The van der Waals surface area contributed by atoms with Crippen molar-refractivity contribution in [1.29, 1.82) is 0 Å². The molecule has 6 atom stereocenters. The average molecular weight is 357 g/mol. The molecule has 4 nitrogen and oxygen atoms in total. The van der Waals surface area contributed by atoms with Gasteiger partial charge in [-0.2, -0.15) is 5.06 Å². The molecular weight excluding hydrogens is 326 g/mol. The van der Waals surface area contributed by atoms with Crippen molar-refractivity contribution < 1.29 is 14.3 Å². The zero-order valence-electron chi connectivity index (χ0n) is 16.4. The Morgan fingerprint density at radius 3 is 2.69 bits per heavy atom. The van der Waals surface area contributed by atoms with Gasteiger partial charge in [-0.25, -0.2) is 0 Å². The Hall–Kier alpha value is -0.940. The SMILES string of the molecule is CC1(C)[C@@H]2CC[C@@]1(C)[C@@H]1O[C@H]3C[C@@](C)(COCc4ccccc4)ON3[C@H]21. The highest BCUT2D eigenvalue weighted by molar-refractivity contribution is 5.20. The zero-order valence-corrected chi connectivity index (χ0v) is 16.4. The van der Waals surface area contributed by atoms with Gasteiger partial charge in [0, 0.05) is 11.8 Å². The first-order valence-electron chi connectivity index (χ1n) is 10.1. The molecule has 0 aromatic heterocycles. The number of rotatable bonds is 4. The summed E-state index contributed by atoms with van der Waals surface area (Å²) in [7, 11) is 0. The summed E-state index contributed by atoms with van der Waals surface area (Å²) in [4.78, 5) is 6.50. The molecule has 2 saturated heterocycles. The lowest BCUT2D eigenvalue weighted by molar-refractivity contribution is -0.237. The number of ether oxygens (including phenoxy) is 2. The topological polar surface area (TPSA) is 30.9 Å². The monoisotopic (exact) mass is 357 g/mol. The molecule has 0 amide bonds. The Bertz CT molecular complexity index is 692. The molecule has 0 N–H and O–H groups in total. The smallest absolute Gasteiger partial charge is 0.136 e. The van der Waals surface area contributed by atoms with Crippen molar-refractivity contribution in [2.24, 2.45) is 16.7 Å². The maximum Gasteiger partial charge on any atom is 0.136 e. The van der Waals surface area contributed by atoms with E-state index in [9.17, 15) is 0 Å². The molecule has 4 aliphatic rings. The van der Waals surface area contributed by atoms with Gasteiger partial charge in [0.05, 0.1) is 25.4 Å². The molecule has 2 aliphatic carbocycles. The molecule has 4 fully saturated rings. The maximum atomic E-state index is 6.59. The molecule has 0 spiro atoms. The third-order valence-electron chi connectivity index (χ3n) is 8.06. The molecule has 0 radical (unpaired) electrons. The highest BCUT2D eigenvalue weighted by Gasteiger charge is 2.73. The second-order valence-electron chi connectivity index (χ2n) is 9.87. The van der Waals surface area contributed by atoms with E-state index < -0.39 is 0 Å². The van der Waals surface area contributed by atoms with E-state index in [4.69, 9.17) is 14.3 Å². The Morgan fingerprint density at radius 2 is 1.92 bits per heavy atom. The summed E-state index contributed by atoms with van der Waals surface area (Å²) in [6, 6.07) is 10.7. The predicted octanol–water partition coefficient (Wildman–Crippen LogP) is 4.15. The standard InChI is InChI=1S/C22H31NO3/c1-20(2)16-10-11-22(20,4)19-18(16)23-17(25-19)12-21(3,26-23)14-24-13-15-8-6-5-7-9-15/h5-9,16-19H,10-14H2,1-4H3/t16-,17+,18-,19-,21+,22+/m1/s1. The van der Waals surface area contributed by atoms with E-state index >= 15 is 0 Å². The van der Waals surface area contributed by atoms with Crippen LogP contribution in [0, 0.1) is 16.7 Å². The molecule has 142 valence electrons. The number of nitrogens with zero attached hydrogens (tertiary/aromatic N) is 1. The Labute approximate surface area is 156 Å². The van der Waals surface area contributed by atoms with Crippen LogP contribution in [0.2, 0.25) is 0 Å². The van der Waals surface area contributed by atoms with Gasteiger partial charge in [0.2, 0.25) is 0 Å². The van der Waals surface area contributed by atoms with Crippen molar-refractivity contribution in [3.63, 3.8) is 0 Å². The molecule has 5 rings (SSSR count). The van der Waals surface area contributed by atoms with Crippen LogP contribution in [-0.4, -0.2) is 35.6 Å². The van der Waals surface area contributed by atoms with Crippen molar-refractivity contribution in [3.05, 3.63) is 35.9 Å². The van der Waals surface area contributed by atoms with Gasteiger partial charge in [-0.15, -0.1) is 0 Å². The number of fused-ring (bicyclic) bond motifs is 7. The second kappa shape index (κ2) is 5.54. The molecule has 1 aromatic rings. The van der Waals surface area contributed by atoms with Crippen LogP contribution >= 0.6 is 0 Å². The molecule has 0 unspecified atom stereocenters. The van der Waals surface area contributed by atoms with E-state index in [0.717, 1.165) is 6.42 Å². The molecule has 2 aliphatic heterocycles. The van der Waals surface area contributed by atoms with Crippen molar-refractivity contribution in [1.82, 2.24) is 5.06 Å². The van der Waals surface area contributed by atoms with E-state index in [1.54, 1.807) is 0 Å². The first kappa shape index (κ1) is 17.2. The minimum atomic E-state index is -0.294. The van der Waals surface area contributed by atoms with Gasteiger partial charge in [0.15, 0.2) is 0 Å². The largest absolute Gasteiger partial charge is 0.374 e. The van der Waals surface area contributed by atoms with Crippen molar-refractivity contribution in [3.8, 4) is 0 Å². The van der Waals surface area contributed by atoms with Crippen LogP contribution in [0.3, 0.4) is 0 Å². The Balaban J connectivity index is 1.26. The number of hydroxylamine groups is 2. The summed E-state index contributed by atoms with van der Waals surface area (Å²) in [5.41, 5.74) is 1.50. The Kier molecular flexibility index (Phi) is 3.66. The second-order valence-corrected chi connectivity index (χ2v) is 9.87. The molecular formula is C22H31NO3. The summed E-state index contributed by atoms with van der Waals surface area (Å²) in [6.07, 6.45) is 3.87. The van der Waals surface area contributed by atoms with Gasteiger partial charge in [-0.05, 0) is 36.7 Å². The first-order valence-corrected chi connectivity index (χ1v) is 10.1. The predicted molar refractivity (Wildman–Crippen MR) is 99.1 cm³/mol. The number of hydrogen-bond donors (Lipinski definition) is 0. The fraction of sp³-hybridized carbons (Fsp3) is 0.727. The van der Waals surface area contributed by atoms with Gasteiger partial charge >= 0.3 is 0 Å². The summed E-state index contributed by atoms with van der Waals surface area (Å²) in [5.74, 6) is 0.662. The fourth-order valence-corrected chi connectivity index (χ4v) is 6.18. The highest BCUT2D eigenvalue weighted by atomic mass is 16.8. The Morgan fingerprint density at radius 1 is 1.15 bits per heavy atom. The molecule has 26 heavy (non-hydrogen) atoms. The van der Waals surface area contributed by atoms with Crippen LogP contribution in [0.25, 0.3) is 0 Å². The van der Waals surface area contributed by atoms with E-state index in [2.05, 4.69) is 44.9 Å². The molecule has 1 aromatic carbocycles. The van der Waals surface area contributed by atoms with Gasteiger partial charge in [-0.1, -0.05) is 51.1 Å². The van der Waals surface area contributed by atoms with Crippen LogP contribution in [0.4, 0.5) is 0 Å². The van der Waals surface area contributed by atoms with Crippen molar-refractivity contribution >= 4 is 0 Å². The highest BCUT2D eigenvalue weighted by Crippen LogP contribution is 2.70. The van der Waals surface area contributed by atoms with E-state index in [-0.39, 0.29) is 17.2 Å². The van der Waals surface area contributed by atoms with E-state index in [1.807, 2.05) is 18.2 Å². The molecule has 2 saturated carbocycles. The third-order valence-corrected chi connectivity index (χ3v) is 8.06. The quantitative estimate of drug-likeness (QED) is 0.810. The molecule has 2 heterocycles. The van der Waals surface area contributed by atoms with Gasteiger partial charge in [-0.3, -0.25) is 4.84 Å². The summed E-state index contributed by atoms with van der Waals surface area (Å²) >= 11 is 0. The normalized spacial score (nSPS) is 45.8. The van der Waals surface area contributed by atoms with Crippen molar-refractivity contribution in [2.75, 3.05) is 6.61 Å². The zero-order chi connectivity index (χ0) is 18.2. The third kappa shape index (κ3) is 2.22. The van der Waals surface area contributed by atoms with Crippen molar-refractivity contribution in [2.45, 2.75) is 77.5 Å². The van der Waals surface area contributed by atoms with Crippen LogP contribution in [0.15, 0.2) is 30.3 Å². The molecule has 4 heteroatoms. The molecule has 2 bridgehead atoms. The maximum absolute atomic E-state index is 6.59. The van der Waals surface area contributed by atoms with Crippen LogP contribution < -0.4 is 0 Å². The van der Waals surface area contributed by atoms with Gasteiger partial charge in [0.1, 0.15) is 11.8 Å².